The molecule has 2 heterocycles. The van der Waals surface area contributed by atoms with Gasteiger partial charge < -0.3 is 10.2 Å². The number of rotatable bonds is 10. The van der Waals surface area contributed by atoms with E-state index in [2.05, 4.69) is 24.5 Å². The Kier molecular flexibility index (Phi) is 7.87. The summed E-state index contributed by atoms with van der Waals surface area (Å²) in [5.41, 5.74) is 3.64. The van der Waals surface area contributed by atoms with Gasteiger partial charge in [0.1, 0.15) is 17.0 Å². The zero-order valence-corrected chi connectivity index (χ0v) is 23.3. The quantitative estimate of drug-likeness (QED) is 0.258. The van der Waals surface area contributed by atoms with Crippen LogP contribution in [0.4, 0.5) is 9.52 Å². The number of amides is 1. The molecule has 0 aliphatic carbocycles. The molecule has 0 spiro atoms. The van der Waals surface area contributed by atoms with Crippen molar-refractivity contribution in [2.24, 2.45) is 0 Å². The van der Waals surface area contributed by atoms with Crippen LogP contribution in [-0.2, 0) is 16.6 Å². The van der Waals surface area contributed by atoms with E-state index in [0.717, 1.165) is 40.8 Å². The van der Waals surface area contributed by atoms with Crippen LogP contribution in [0.3, 0.4) is 0 Å². The average Bonchev–Trinajstić information content (AvgIpc) is 3.58. The fourth-order valence-electron chi connectivity index (χ4n) is 4.22. The Hall–Kier alpha value is -4.20. The van der Waals surface area contributed by atoms with Gasteiger partial charge in [-0.2, -0.15) is 9.47 Å². The van der Waals surface area contributed by atoms with Crippen LogP contribution >= 0.6 is 11.5 Å². The Morgan fingerprint density at radius 3 is 2.70 bits per heavy atom. The van der Waals surface area contributed by atoms with Crippen LogP contribution in [0.1, 0.15) is 15.9 Å². The van der Waals surface area contributed by atoms with Gasteiger partial charge in [-0.25, -0.2) is 17.8 Å². The Balaban J connectivity index is 1.42. The normalized spacial score (nSPS) is 11.7. The molecule has 1 amide bonds. The standard InChI is InChI=1S/C27H26FN7O3S2/c1-34(2)11-10-29-26(36)19-8-5-7-18(12-19)22-9-4-3-6-20(22)16-35-24-14-23(28)25(13-21(24)15-31-35)40(37,38)33-27-30-17-32-39-27/h3-9,12-15,17H,10-11,16H2,1-2H3,(H,29,36)(H,30,32,33). The molecule has 0 bridgehead atoms. The second kappa shape index (κ2) is 11.5. The van der Waals surface area contributed by atoms with Crippen LogP contribution in [0.25, 0.3) is 22.0 Å². The van der Waals surface area contributed by atoms with E-state index in [1.807, 2.05) is 61.5 Å². The number of likely N-dealkylation sites (N-methyl/N-ethyl adjacent to an activating group) is 1. The fraction of sp³-hybridized carbons (Fsp3) is 0.185. The van der Waals surface area contributed by atoms with Gasteiger partial charge in [0.15, 0.2) is 0 Å². The molecule has 0 atom stereocenters. The van der Waals surface area contributed by atoms with E-state index >= 15 is 4.39 Å². The molecule has 40 heavy (non-hydrogen) atoms. The first kappa shape index (κ1) is 27.4. The zero-order valence-electron chi connectivity index (χ0n) is 21.7. The number of hydrogen-bond acceptors (Lipinski definition) is 8. The number of halogens is 1. The monoisotopic (exact) mass is 579 g/mol. The molecule has 0 radical (unpaired) electrons. The molecular formula is C27H26FN7O3S2. The van der Waals surface area contributed by atoms with Gasteiger partial charge in [-0.1, -0.05) is 36.4 Å². The Morgan fingerprint density at radius 2 is 1.93 bits per heavy atom. The van der Waals surface area contributed by atoms with Crippen molar-refractivity contribution < 1.29 is 17.6 Å². The summed E-state index contributed by atoms with van der Waals surface area (Å²) in [4.78, 5) is 18.0. The van der Waals surface area contributed by atoms with Crippen LogP contribution < -0.4 is 10.0 Å². The van der Waals surface area contributed by atoms with Gasteiger partial charge in [-0.15, -0.1) is 0 Å². The predicted molar refractivity (Wildman–Crippen MR) is 152 cm³/mol. The first-order chi connectivity index (χ1) is 19.2. The van der Waals surface area contributed by atoms with Crippen molar-refractivity contribution in [3.63, 3.8) is 0 Å². The second-order valence-electron chi connectivity index (χ2n) is 9.29. The Bertz CT molecular complexity index is 1770. The second-order valence-corrected chi connectivity index (χ2v) is 11.7. The van der Waals surface area contributed by atoms with E-state index in [9.17, 15) is 13.2 Å². The number of nitrogens with zero attached hydrogens (tertiary/aromatic N) is 5. The number of anilines is 1. The SMILES string of the molecule is CN(C)CCNC(=O)c1cccc(-c2ccccc2Cn2ncc3cc(S(=O)(=O)Nc4ncns4)c(F)cc32)c1. The smallest absolute Gasteiger partial charge is 0.266 e. The zero-order chi connectivity index (χ0) is 28.3. The average molecular weight is 580 g/mol. The number of fused-ring (bicyclic) bond motifs is 1. The van der Waals surface area contributed by atoms with E-state index < -0.39 is 20.7 Å². The van der Waals surface area contributed by atoms with E-state index in [0.29, 0.717) is 29.6 Å². The number of benzene rings is 3. The van der Waals surface area contributed by atoms with Crippen LogP contribution in [0.5, 0.6) is 0 Å². The van der Waals surface area contributed by atoms with E-state index in [4.69, 9.17) is 0 Å². The molecule has 3 aromatic carbocycles. The lowest BCUT2D eigenvalue weighted by Gasteiger charge is -2.13. The molecule has 2 N–H and O–H groups in total. The number of aromatic nitrogens is 4. The molecule has 5 rings (SSSR count). The van der Waals surface area contributed by atoms with Gasteiger partial charge in [0.05, 0.1) is 18.3 Å². The third kappa shape index (κ3) is 6.01. The van der Waals surface area contributed by atoms with Gasteiger partial charge >= 0.3 is 0 Å². The highest BCUT2D eigenvalue weighted by Gasteiger charge is 2.23. The summed E-state index contributed by atoms with van der Waals surface area (Å²) >= 11 is 0.851. The number of carbonyl (C=O) groups is 1. The van der Waals surface area contributed by atoms with Crippen LogP contribution in [0, 0.1) is 5.82 Å². The summed E-state index contributed by atoms with van der Waals surface area (Å²) in [6, 6.07) is 17.5. The largest absolute Gasteiger partial charge is 0.351 e. The van der Waals surface area contributed by atoms with Gasteiger partial charge in [-0.05, 0) is 49.0 Å². The van der Waals surface area contributed by atoms with Crippen molar-refractivity contribution in [2.75, 3.05) is 31.9 Å². The minimum absolute atomic E-state index is 0.0434. The maximum atomic E-state index is 15.1. The molecule has 0 fully saturated rings. The van der Waals surface area contributed by atoms with E-state index in [1.165, 1.54) is 18.6 Å². The number of carbonyl (C=O) groups excluding carboxylic acids is 1. The highest BCUT2D eigenvalue weighted by molar-refractivity contribution is 7.93. The van der Waals surface area contributed by atoms with Crippen molar-refractivity contribution >= 4 is 43.5 Å². The molecule has 0 aliphatic rings. The molecule has 13 heteroatoms. The number of sulfonamides is 1. The fourth-order valence-corrected chi connectivity index (χ4v) is 5.98. The molecular weight excluding hydrogens is 553 g/mol. The maximum Gasteiger partial charge on any atom is 0.266 e. The van der Waals surface area contributed by atoms with Gasteiger partial charge in [0.25, 0.3) is 15.9 Å². The Labute approximate surface area is 234 Å². The summed E-state index contributed by atoms with van der Waals surface area (Å²) in [5, 5.41) is 7.84. The van der Waals surface area contributed by atoms with Crippen molar-refractivity contribution in [2.45, 2.75) is 11.4 Å². The van der Waals surface area contributed by atoms with Gasteiger partial charge in [0.2, 0.25) is 5.13 Å². The van der Waals surface area contributed by atoms with Gasteiger partial charge in [-0.3, -0.25) is 14.2 Å². The van der Waals surface area contributed by atoms with E-state index in [1.54, 1.807) is 10.7 Å². The van der Waals surface area contributed by atoms with Crippen molar-refractivity contribution in [1.82, 2.24) is 29.4 Å². The molecule has 0 aliphatic heterocycles. The van der Waals surface area contributed by atoms with Crippen LogP contribution in [0.15, 0.2) is 78.1 Å². The summed E-state index contributed by atoms with van der Waals surface area (Å²) in [5.74, 6) is -1.06. The number of hydrogen-bond donors (Lipinski definition) is 2. The van der Waals surface area contributed by atoms with Crippen molar-refractivity contribution in [3.05, 3.63) is 90.1 Å². The molecule has 0 unspecified atom stereocenters. The molecule has 10 nitrogen and oxygen atoms in total. The first-order valence-electron chi connectivity index (χ1n) is 12.3. The lowest BCUT2D eigenvalue weighted by Crippen LogP contribution is -2.31. The molecule has 0 saturated heterocycles. The van der Waals surface area contributed by atoms with Crippen LogP contribution in [-0.4, -0.2) is 65.5 Å². The topological polar surface area (TPSA) is 122 Å². The minimum atomic E-state index is -4.21. The lowest BCUT2D eigenvalue weighted by molar-refractivity contribution is 0.0951. The molecule has 5 aromatic rings. The summed E-state index contributed by atoms with van der Waals surface area (Å²) in [6.07, 6.45) is 2.71. The third-order valence-corrected chi connectivity index (χ3v) is 8.25. The maximum absolute atomic E-state index is 15.1. The van der Waals surface area contributed by atoms with Crippen LogP contribution in [0.2, 0.25) is 0 Å². The predicted octanol–water partition coefficient (Wildman–Crippen LogP) is 3.83. The van der Waals surface area contributed by atoms with Gasteiger partial charge in [0, 0.05) is 41.6 Å². The summed E-state index contributed by atoms with van der Waals surface area (Å²) < 4.78 is 48.2. The van der Waals surface area contributed by atoms with Crippen molar-refractivity contribution in [3.8, 4) is 11.1 Å². The first-order valence-corrected chi connectivity index (χ1v) is 14.5. The third-order valence-electron chi connectivity index (χ3n) is 6.19. The molecule has 2 aromatic heterocycles. The number of nitrogens with one attached hydrogen (secondary N) is 2. The highest BCUT2D eigenvalue weighted by Crippen LogP contribution is 2.28. The highest BCUT2D eigenvalue weighted by atomic mass is 32.2. The summed E-state index contributed by atoms with van der Waals surface area (Å²) in [6.45, 7) is 1.57. The summed E-state index contributed by atoms with van der Waals surface area (Å²) in [7, 11) is -0.318. The minimum Gasteiger partial charge on any atom is -0.351 e. The lowest BCUT2D eigenvalue weighted by atomic mass is 9.98. The van der Waals surface area contributed by atoms with Crippen molar-refractivity contribution in [1.29, 1.82) is 0 Å². The molecule has 206 valence electrons. The molecule has 0 saturated carbocycles. The Morgan fingerprint density at radius 1 is 1.10 bits per heavy atom. The van der Waals surface area contributed by atoms with E-state index in [-0.39, 0.29) is 11.0 Å².